The maximum atomic E-state index is 4.56. The molecule has 0 bridgehead atoms. The summed E-state index contributed by atoms with van der Waals surface area (Å²) >= 11 is 0. The molecule has 0 saturated heterocycles. The highest BCUT2D eigenvalue weighted by Crippen LogP contribution is 2.26. The highest BCUT2D eigenvalue weighted by molar-refractivity contribution is 5.74. The minimum absolute atomic E-state index is 0.711. The molecule has 0 fully saturated rings. The van der Waals surface area contributed by atoms with Crippen LogP contribution in [-0.4, -0.2) is 30.8 Å². The Bertz CT molecular complexity index is 1120. The normalized spacial score (nSPS) is 13.3. The van der Waals surface area contributed by atoms with Crippen molar-refractivity contribution in [2.24, 2.45) is 7.05 Å². The van der Waals surface area contributed by atoms with Crippen molar-refractivity contribution in [3.8, 4) is 11.3 Å². The fourth-order valence-electron chi connectivity index (χ4n) is 3.17. The molecular weight excluding hydrogens is 340 g/mol. The Balaban J connectivity index is 1.45. The van der Waals surface area contributed by atoms with E-state index in [9.17, 15) is 0 Å². The largest absolute Gasteiger partial charge is 0.372 e. The zero-order valence-electron chi connectivity index (χ0n) is 14.7. The van der Waals surface area contributed by atoms with Gasteiger partial charge in [0.05, 0.1) is 24.8 Å². The Kier molecular flexibility index (Phi) is 3.53. The number of nitrogens with zero attached hydrogens (tertiary/aromatic N) is 6. The summed E-state index contributed by atoms with van der Waals surface area (Å²) in [7, 11) is 1.90. The van der Waals surface area contributed by atoms with Gasteiger partial charge in [-0.2, -0.15) is 5.10 Å². The maximum absolute atomic E-state index is 4.56. The van der Waals surface area contributed by atoms with Gasteiger partial charge in [0.25, 0.3) is 0 Å². The first kappa shape index (κ1) is 15.4. The first-order valence-electron chi connectivity index (χ1n) is 8.63. The van der Waals surface area contributed by atoms with E-state index in [0.717, 1.165) is 34.9 Å². The van der Waals surface area contributed by atoms with Gasteiger partial charge in [-0.25, -0.2) is 9.97 Å². The molecule has 0 saturated carbocycles. The van der Waals surface area contributed by atoms with Gasteiger partial charge >= 0.3 is 0 Å². The lowest BCUT2D eigenvalue weighted by atomic mass is 10.2. The number of fused-ring (bicyclic) bond motifs is 1. The molecule has 1 aliphatic rings. The van der Waals surface area contributed by atoms with Crippen LogP contribution in [0.15, 0.2) is 67.6 Å². The Labute approximate surface area is 155 Å². The van der Waals surface area contributed by atoms with E-state index in [1.54, 1.807) is 10.9 Å². The van der Waals surface area contributed by atoms with Gasteiger partial charge in [-0.1, -0.05) is 0 Å². The van der Waals surface area contributed by atoms with Crippen LogP contribution in [0.2, 0.25) is 0 Å². The monoisotopic (exact) mass is 358 g/mol. The minimum atomic E-state index is 0.711. The van der Waals surface area contributed by atoms with Crippen LogP contribution in [0, 0.1) is 0 Å². The van der Waals surface area contributed by atoms with Gasteiger partial charge in [-0.3, -0.25) is 9.08 Å². The Morgan fingerprint density at radius 1 is 1.11 bits per heavy atom. The van der Waals surface area contributed by atoms with Gasteiger partial charge < -0.3 is 15.5 Å². The zero-order valence-corrected chi connectivity index (χ0v) is 14.7. The van der Waals surface area contributed by atoms with Gasteiger partial charge in [-0.15, -0.1) is 0 Å². The topological polar surface area (TPSA) is 75.3 Å². The van der Waals surface area contributed by atoms with E-state index in [4.69, 9.17) is 0 Å². The second-order valence-electron chi connectivity index (χ2n) is 6.34. The highest BCUT2D eigenvalue weighted by Gasteiger charge is 2.12. The number of nitrogens with one attached hydrogen (secondary N) is 2. The van der Waals surface area contributed by atoms with E-state index in [1.807, 2.05) is 60.8 Å². The first-order valence-corrected chi connectivity index (χ1v) is 8.63. The Hall–Kier alpha value is -3.81. The number of hydrogen-bond acceptors (Lipinski definition) is 6. The van der Waals surface area contributed by atoms with Crippen LogP contribution >= 0.6 is 0 Å². The minimum Gasteiger partial charge on any atom is -0.372 e. The lowest BCUT2D eigenvalue weighted by Crippen LogP contribution is -2.19. The van der Waals surface area contributed by atoms with E-state index in [-0.39, 0.29) is 0 Å². The predicted octanol–water partition coefficient (Wildman–Crippen LogP) is 2.71. The number of benzene rings is 1. The van der Waals surface area contributed by atoms with Crippen molar-refractivity contribution in [3.63, 3.8) is 0 Å². The number of rotatable bonds is 4. The standard InChI is InChI=1S/C19H18N8/c1-25-12-14(10-23-25)17-11-22-19-18(21-7-9-27(17)19)24-15-2-4-16(5-3-15)26-8-6-20-13-26/h2-12,20H,13H2,1H3,(H,21,24). The van der Waals surface area contributed by atoms with Crippen LogP contribution in [0.5, 0.6) is 0 Å². The van der Waals surface area contributed by atoms with Crippen LogP contribution in [0.4, 0.5) is 17.2 Å². The molecule has 134 valence electrons. The van der Waals surface area contributed by atoms with E-state index < -0.39 is 0 Å². The molecule has 8 heteroatoms. The van der Waals surface area contributed by atoms with Crippen molar-refractivity contribution in [1.29, 1.82) is 0 Å². The van der Waals surface area contributed by atoms with Crippen molar-refractivity contribution in [2.45, 2.75) is 0 Å². The van der Waals surface area contributed by atoms with Gasteiger partial charge in [0, 0.05) is 55.0 Å². The Morgan fingerprint density at radius 2 is 2.00 bits per heavy atom. The van der Waals surface area contributed by atoms with Crippen LogP contribution in [0.3, 0.4) is 0 Å². The predicted molar refractivity (Wildman–Crippen MR) is 105 cm³/mol. The molecule has 0 unspecified atom stereocenters. The molecule has 27 heavy (non-hydrogen) atoms. The van der Waals surface area contributed by atoms with Gasteiger partial charge in [0.2, 0.25) is 0 Å². The smallest absolute Gasteiger partial charge is 0.180 e. The summed E-state index contributed by atoms with van der Waals surface area (Å²) in [4.78, 5) is 11.2. The van der Waals surface area contributed by atoms with Gasteiger partial charge in [0.15, 0.2) is 11.5 Å². The molecule has 4 heterocycles. The SMILES string of the molecule is Cn1cc(-c2cnc3c(Nc4ccc(N5C=CNC5)cc4)nccn23)cn1. The summed E-state index contributed by atoms with van der Waals surface area (Å²) in [5.74, 6) is 0.711. The maximum Gasteiger partial charge on any atom is 0.180 e. The molecule has 1 aromatic carbocycles. The molecule has 5 rings (SSSR count). The van der Waals surface area contributed by atoms with Crippen molar-refractivity contribution in [3.05, 3.63) is 67.6 Å². The third-order valence-corrected chi connectivity index (χ3v) is 4.52. The number of aromatic nitrogens is 5. The summed E-state index contributed by atoms with van der Waals surface area (Å²) in [5, 5.41) is 10.8. The number of imidazole rings is 1. The third-order valence-electron chi connectivity index (χ3n) is 4.52. The van der Waals surface area contributed by atoms with E-state index >= 15 is 0 Å². The quantitative estimate of drug-likeness (QED) is 0.584. The van der Waals surface area contributed by atoms with Gasteiger partial charge in [0.1, 0.15) is 0 Å². The van der Waals surface area contributed by atoms with Crippen molar-refractivity contribution in [2.75, 3.05) is 16.9 Å². The fraction of sp³-hybridized carbons (Fsp3) is 0.105. The average molecular weight is 358 g/mol. The summed E-state index contributed by atoms with van der Waals surface area (Å²) in [5.41, 5.74) is 4.85. The number of aryl methyl sites for hydroxylation is 1. The summed E-state index contributed by atoms with van der Waals surface area (Å²) in [6.07, 6.45) is 13.3. The van der Waals surface area contributed by atoms with Crippen molar-refractivity contribution < 1.29 is 0 Å². The van der Waals surface area contributed by atoms with Crippen molar-refractivity contribution in [1.82, 2.24) is 29.5 Å². The van der Waals surface area contributed by atoms with E-state index in [1.165, 1.54) is 0 Å². The molecular formula is C19H18N8. The van der Waals surface area contributed by atoms with Crippen LogP contribution in [0.1, 0.15) is 0 Å². The summed E-state index contributed by atoms with van der Waals surface area (Å²) in [6.45, 7) is 0.791. The van der Waals surface area contributed by atoms with Crippen LogP contribution < -0.4 is 15.5 Å². The number of hydrogen-bond donors (Lipinski definition) is 2. The van der Waals surface area contributed by atoms with E-state index in [2.05, 4.69) is 42.7 Å². The number of anilines is 3. The lowest BCUT2D eigenvalue weighted by Gasteiger charge is -2.15. The molecule has 3 aromatic heterocycles. The molecule has 0 spiro atoms. The van der Waals surface area contributed by atoms with Crippen LogP contribution in [-0.2, 0) is 7.05 Å². The third kappa shape index (κ3) is 2.77. The molecule has 0 radical (unpaired) electrons. The summed E-state index contributed by atoms with van der Waals surface area (Å²) in [6, 6.07) is 8.23. The zero-order chi connectivity index (χ0) is 18.2. The molecule has 8 nitrogen and oxygen atoms in total. The fourth-order valence-corrected chi connectivity index (χ4v) is 3.17. The molecule has 1 aliphatic heterocycles. The first-order chi connectivity index (χ1) is 13.3. The van der Waals surface area contributed by atoms with Crippen LogP contribution in [0.25, 0.3) is 16.9 Å². The average Bonchev–Trinajstić information content (AvgIpc) is 3.43. The van der Waals surface area contributed by atoms with Gasteiger partial charge in [-0.05, 0) is 24.3 Å². The van der Waals surface area contributed by atoms with E-state index in [0.29, 0.717) is 5.82 Å². The Morgan fingerprint density at radius 3 is 2.74 bits per heavy atom. The highest BCUT2D eigenvalue weighted by atomic mass is 15.3. The second-order valence-corrected chi connectivity index (χ2v) is 6.34. The molecule has 4 aromatic rings. The molecule has 0 atom stereocenters. The molecule has 0 amide bonds. The molecule has 2 N–H and O–H groups in total. The van der Waals surface area contributed by atoms with Crippen molar-refractivity contribution >= 4 is 22.8 Å². The molecule has 0 aliphatic carbocycles. The summed E-state index contributed by atoms with van der Waals surface area (Å²) < 4.78 is 3.79. The lowest BCUT2D eigenvalue weighted by molar-refractivity contribution is 0.768. The second kappa shape index (κ2) is 6.17.